The maximum Gasteiger partial charge on any atom is 0.243 e. The molecule has 0 spiro atoms. The summed E-state index contributed by atoms with van der Waals surface area (Å²) in [5.41, 5.74) is 2.53. The SMILES string of the molecule is CCc1ccc(C(C)NC(=NCC(=O)N(C)C)NCC(C)C)cc1. The van der Waals surface area contributed by atoms with Gasteiger partial charge in [-0.1, -0.05) is 45.0 Å². The van der Waals surface area contributed by atoms with Gasteiger partial charge in [-0.3, -0.25) is 4.79 Å². The third-order valence-corrected chi connectivity index (χ3v) is 3.79. The van der Waals surface area contributed by atoms with Gasteiger partial charge in [0.25, 0.3) is 0 Å². The minimum absolute atomic E-state index is 0.0133. The molecule has 0 aliphatic carbocycles. The van der Waals surface area contributed by atoms with Crippen molar-refractivity contribution in [2.45, 2.75) is 40.2 Å². The maximum atomic E-state index is 11.8. The van der Waals surface area contributed by atoms with E-state index in [9.17, 15) is 4.79 Å². The fourth-order valence-corrected chi connectivity index (χ4v) is 2.07. The largest absolute Gasteiger partial charge is 0.356 e. The van der Waals surface area contributed by atoms with Crippen LogP contribution in [0.4, 0.5) is 0 Å². The Balaban J connectivity index is 2.77. The molecule has 0 heterocycles. The molecule has 1 aromatic rings. The Labute approximate surface area is 146 Å². The van der Waals surface area contributed by atoms with Gasteiger partial charge >= 0.3 is 0 Å². The van der Waals surface area contributed by atoms with Crippen molar-refractivity contribution >= 4 is 11.9 Å². The minimum Gasteiger partial charge on any atom is -0.356 e. The Morgan fingerprint density at radius 2 is 1.79 bits per heavy atom. The highest BCUT2D eigenvalue weighted by atomic mass is 16.2. The number of hydrogen-bond donors (Lipinski definition) is 2. The molecule has 1 atom stereocenters. The molecule has 0 bridgehead atoms. The summed E-state index contributed by atoms with van der Waals surface area (Å²) in [5, 5.41) is 6.69. The van der Waals surface area contributed by atoms with Crippen molar-refractivity contribution in [2.75, 3.05) is 27.2 Å². The van der Waals surface area contributed by atoms with Gasteiger partial charge in [-0.25, -0.2) is 4.99 Å². The van der Waals surface area contributed by atoms with Crippen LogP contribution in [-0.4, -0.2) is 44.0 Å². The molecule has 5 heteroatoms. The summed E-state index contributed by atoms with van der Waals surface area (Å²) in [6.45, 7) is 9.48. The molecular formula is C19H32N4O. The van der Waals surface area contributed by atoms with Gasteiger partial charge in [0.05, 0.1) is 6.04 Å². The Kier molecular flexibility index (Phi) is 8.30. The van der Waals surface area contributed by atoms with Gasteiger partial charge in [-0.05, 0) is 30.4 Å². The highest BCUT2D eigenvalue weighted by Crippen LogP contribution is 2.13. The smallest absolute Gasteiger partial charge is 0.243 e. The third-order valence-electron chi connectivity index (χ3n) is 3.79. The van der Waals surface area contributed by atoms with Crippen LogP contribution in [0, 0.1) is 5.92 Å². The molecule has 0 aliphatic rings. The summed E-state index contributed by atoms with van der Waals surface area (Å²) in [5.74, 6) is 1.16. The first-order chi connectivity index (χ1) is 11.3. The molecule has 0 saturated heterocycles. The van der Waals surface area contributed by atoms with E-state index >= 15 is 0 Å². The Morgan fingerprint density at radius 1 is 1.17 bits per heavy atom. The van der Waals surface area contributed by atoms with Gasteiger partial charge in [-0.2, -0.15) is 0 Å². The van der Waals surface area contributed by atoms with Crippen molar-refractivity contribution in [1.29, 1.82) is 0 Å². The second kappa shape index (κ2) is 9.96. The zero-order valence-corrected chi connectivity index (χ0v) is 15.9. The zero-order valence-electron chi connectivity index (χ0n) is 15.9. The van der Waals surface area contributed by atoms with E-state index in [1.165, 1.54) is 11.1 Å². The molecule has 134 valence electrons. The molecule has 2 N–H and O–H groups in total. The predicted molar refractivity (Wildman–Crippen MR) is 101 cm³/mol. The second-order valence-corrected chi connectivity index (χ2v) is 6.69. The fraction of sp³-hybridized carbons (Fsp3) is 0.579. The number of benzene rings is 1. The van der Waals surface area contributed by atoms with Crippen LogP contribution in [0.2, 0.25) is 0 Å². The lowest BCUT2D eigenvalue weighted by Crippen LogP contribution is -2.41. The zero-order chi connectivity index (χ0) is 18.1. The van der Waals surface area contributed by atoms with Crippen LogP contribution in [0.15, 0.2) is 29.3 Å². The van der Waals surface area contributed by atoms with E-state index in [0.29, 0.717) is 11.9 Å². The van der Waals surface area contributed by atoms with E-state index < -0.39 is 0 Å². The van der Waals surface area contributed by atoms with Gasteiger partial charge < -0.3 is 15.5 Å². The lowest BCUT2D eigenvalue weighted by atomic mass is 10.1. The standard InChI is InChI=1S/C19H32N4O/c1-7-16-8-10-17(11-9-16)15(4)22-19(20-12-14(2)3)21-13-18(24)23(5)6/h8-11,14-15H,7,12-13H2,1-6H3,(H2,20,21,22). The Morgan fingerprint density at radius 3 is 2.29 bits per heavy atom. The Hall–Kier alpha value is -2.04. The lowest BCUT2D eigenvalue weighted by Gasteiger charge is -2.20. The predicted octanol–water partition coefficient (Wildman–Crippen LogP) is 2.59. The summed E-state index contributed by atoms with van der Waals surface area (Å²) in [7, 11) is 3.48. The minimum atomic E-state index is -0.0133. The summed E-state index contributed by atoms with van der Waals surface area (Å²) in [6.07, 6.45) is 1.04. The van der Waals surface area contributed by atoms with Gasteiger partial charge in [0, 0.05) is 20.6 Å². The first kappa shape index (κ1) is 20.0. The fourth-order valence-electron chi connectivity index (χ4n) is 2.07. The number of nitrogens with zero attached hydrogens (tertiary/aromatic N) is 2. The molecule has 0 saturated carbocycles. The molecular weight excluding hydrogens is 300 g/mol. The van der Waals surface area contributed by atoms with Crippen LogP contribution >= 0.6 is 0 Å². The van der Waals surface area contributed by atoms with Crippen LogP contribution in [-0.2, 0) is 11.2 Å². The van der Waals surface area contributed by atoms with E-state index in [0.717, 1.165) is 13.0 Å². The maximum absolute atomic E-state index is 11.8. The van der Waals surface area contributed by atoms with Crippen molar-refractivity contribution in [3.63, 3.8) is 0 Å². The molecule has 5 nitrogen and oxygen atoms in total. The number of carbonyl (C=O) groups excluding carboxylic acids is 1. The van der Waals surface area contributed by atoms with Crippen LogP contribution in [0.25, 0.3) is 0 Å². The molecule has 24 heavy (non-hydrogen) atoms. The second-order valence-electron chi connectivity index (χ2n) is 6.69. The van der Waals surface area contributed by atoms with Crippen LogP contribution < -0.4 is 10.6 Å². The number of carbonyl (C=O) groups is 1. The number of aryl methyl sites for hydroxylation is 1. The van der Waals surface area contributed by atoms with Crippen LogP contribution in [0.1, 0.15) is 44.9 Å². The lowest BCUT2D eigenvalue weighted by molar-refractivity contribution is -0.127. The number of hydrogen-bond acceptors (Lipinski definition) is 2. The summed E-state index contributed by atoms with van der Waals surface area (Å²) in [4.78, 5) is 17.7. The summed E-state index contributed by atoms with van der Waals surface area (Å²) >= 11 is 0. The van der Waals surface area contributed by atoms with Crippen LogP contribution in [0.5, 0.6) is 0 Å². The molecule has 1 unspecified atom stereocenters. The van der Waals surface area contributed by atoms with Gasteiger partial charge in [0.2, 0.25) is 5.91 Å². The first-order valence-electron chi connectivity index (χ1n) is 8.67. The van der Waals surface area contributed by atoms with Gasteiger partial charge in [-0.15, -0.1) is 0 Å². The molecule has 0 radical (unpaired) electrons. The molecule has 0 aromatic heterocycles. The average Bonchev–Trinajstić information content (AvgIpc) is 2.56. The topological polar surface area (TPSA) is 56.7 Å². The normalized spacial score (nSPS) is 12.9. The molecule has 0 aliphatic heterocycles. The molecule has 1 rings (SSSR count). The number of rotatable bonds is 7. The van der Waals surface area contributed by atoms with E-state index in [-0.39, 0.29) is 18.5 Å². The number of guanidine groups is 1. The molecule has 1 aromatic carbocycles. The number of amides is 1. The van der Waals surface area contributed by atoms with E-state index in [4.69, 9.17) is 0 Å². The van der Waals surface area contributed by atoms with Gasteiger partial charge in [0.15, 0.2) is 5.96 Å². The quantitative estimate of drug-likeness (QED) is 0.596. The van der Waals surface area contributed by atoms with Crippen molar-refractivity contribution in [2.24, 2.45) is 10.9 Å². The monoisotopic (exact) mass is 332 g/mol. The van der Waals surface area contributed by atoms with Crippen molar-refractivity contribution in [3.8, 4) is 0 Å². The van der Waals surface area contributed by atoms with Crippen molar-refractivity contribution in [3.05, 3.63) is 35.4 Å². The number of nitrogens with one attached hydrogen (secondary N) is 2. The van der Waals surface area contributed by atoms with Crippen molar-refractivity contribution < 1.29 is 4.79 Å². The Bertz CT molecular complexity index is 535. The van der Waals surface area contributed by atoms with Gasteiger partial charge in [0.1, 0.15) is 6.54 Å². The summed E-state index contributed by atoms with van der Waals surface area (Å²) < 4.78 is 0. The highest BCUT2D eigenvalue weighted by Gasteiger charge is 2.10. The van der Waals surface area contributed by atoms with Crippen molar-refractivity contribution in [1.82, 2.24) is 15.5 Å². The molecule has 0 fully saturated rings. The van der Waals surface area contributed by atoms with E-state index in [2.05, 4.69) is 67.6 Å². The summed E-state index contributed by atoms with van der Waals surface area (Å²) in [6, 6.07) is 8.70. The average molecular weight is 332 g/mol. The number of aliphatic imine (C=N–C) groups is 1. The third kappa shape index (κ3) is 7.02. The van der Waals surface area contributed by atoms with E-state index in [1.807, 2.05) is 0 Å². The van der Waals surface area contributed by atoms with Crippen LogP contribution in [0.3, 0.4) is 0 Å². The number of likely N-dealkylation sites (N-methyl/N-ethyl adjacent to an activating group) is 1. The first-order valence-corrected chi connectivity index (χ1v) is 8.67. The highest BCUT2D eigenvalue weighted by molar-refractivity contribution is 5.85. The molecule has 1 amide bonds. The van der Waals surface area contributed by atoms with E-state index in [1.54, 1.807) is 19.0 Å².